The van der Waals surface area contributed by atoms with Gasteiger partial charge in [-0.25, -0.2) is 4.98 Å². The van der Waals surface area contributed by atoms with Crippen molar-refractivity contribution >= 4 is 22.6 Å². The molecule has 0 radical (unpaired) electrons. The van der Waals surface area contributed by atoms with E-state index in [2.05, 4.69) is 4.98 Å². The molecule has 0 spiro atoms. The van der Waals surface area contributed by atoms with Gasteiger partial charge in [0.1, 0.15) is 11.3 Å². The van der Waals surface area contributed by atoms with Crippen molar-refractivity contribution in [3.8, 4) is 5.75 Å². The number of ether oxygens (including phenoxy) is 1. The van der Waals surface area contributed by atoms with E-state index in [-0.39, 0.29) is 29.1 Å². The highest BCUT2D eigenvalue weighted by atomic mass is 16.6. The molecule has 7 heteroatoms. The van der Waals surface area contributed by atoms with E-state index < -0.39 is 4.92 Å². The number of hydrogen-bond donors (Lipinski definition) is 0. The van der Waals surface area contributed by atoms with E-state index in [1.165, 1.54) is 19.2 Å². The average Bonchev–Trinajstić information content (AvgIpc) is 2.96. The Kier molecular flexibility index (Phi) is 4.02. The van der Waals surface area contributed by atoms with Gasteiger partial charge in [-0.3, -0.25) is 14.9 Å². The molecule has 1 aromatic heterocycles. The number of oxazole rings is 1. The summed E-state index contributed by atoms with van der Waals surface area (Å²) in [5.74, 6) is 1.29. The minimum atomic E-state index is -0.501. The molecule has 0 bridgehead atoms. The number of fused-ring (bicyclic) bond motifs is 1. The first-order valence-corrected chi connectivity index (χ1v) is 7.63. The van der Waals surface area contributed by atoms with Crippen molar-refractivity contribution in [2.75, 3.05) is 7.11 Å². The number of Topliss-reactive ketones (excluding diaryl/α,β-unsaturated/α-hetero) is 1. The molecule has 1 heterocycles. The van der Waals surface area contributed by atoms with Crippen LogP contribution >= 0.6 is 0 Å². The zero-order chi connectivity index (χ0) is 16.6. The minimum Gasteiger partial charge on any atom is -0.490 e. The van der Waals surface area contributed by atoms with Crippen LogP contribution in [0.4, 0.5) is 5.69 Å². The lowest BCUT2D eigenvalue weighted by Crippen LogP contribution is -2.19. The molecule has 0 amide bonds. The highest BCUT2D eigenvalue weighted by Gasteiger charge is 2.28. The third kappa shape index (κ3) is 2.91. The fourth-order valence-corrected chi connectivity index (χ4v) is 3.19. The molecule has 0 N–H and O–H groups in total. The van der Waals surface area contributed by atoms with Crippen molar-refractivity contribution in [1.82, 2.24) is 4.98 Å². The van der Waals surface area contributed by atoms with E-state index >= 15 is 0 Å². The number of nitrogens with zero attached hydrogens (tertiary/aromatic N) is 2. The summed E-state index contributed by atoms with van der Waals surface area (Å²) >= 11 is 0. The van der Waals surface area contributed by atoms with Crippen LogP contribution in [0.1, 0.15) is 44.4 Å². The molecule has 1 aliphatic carbocycles. The quantitative estimate of drug-likeness (QED) is 0.631. The number of rotatable bonds is 4. The molecule has 0 atom stereocenters. The highest BCUT2D eigenvalue weighted by molar-refractivity contribution is 5.79. The summed E-state index contributed by atoms with van der Waals surface area (Å²) in [7, 11) is 1.39. The summed E-state index contributed by atoms with van der Waals surface area (Å²) < 4.78 is 10.8. The number of hydrogen-bond acceptors (Lipinski definition) is 6. The first-order chi connectivity index (χ1) is 11.0. The summed E-state index contributed by atoms with van der Waals surface area (Å²) in [5.41, 5.74) is 0.806. The van der Waals surface area contributed by atoms with E-state index in [0.717, 1.165) is 25.7 Å². The Bertz CT molecular complexity index is 759. The molecule has 1 saturated carbocycles. The Morgan fingerprint density at radius 3 is 2.61 bits per heavy atom. The maximum atomic E-state index is 11.4. The lowest BCUT2D eigenvalue weighted by molar-refractivity contribution is -0.385. The number of carbonyl (C=O) groups is 1. The van der Waals surface area contributed by atoms with E-state index in [1.54, 1.807) is 6.92 Å². The molecule has 7 nitrogen and oxygen atoms in total. The number of carbonyl (C=O) groups excluding carboxylic acids is 1. The molecular weight excluding hydrogens is 300 g/mol. The van der Waals surface area contributed by atoms with Gasteiger partial charge in [-0.1, -0.05) is 0 Å². The lowest BCUT2D eigenvalue weighted by Gasteiger charge is -2.24. The topological polar surface area (TPSA) is 95.5 Å². The van der Waals surface area contributed by atoms with Gasteiger partial charge in [-0.2, -0.15) is 0 Å². The monoisotopic (exact) mass is 318 g/mol. The minimum absolute atomic E-state index is 0.136. The van der Waals surface area contributed by atoms with Gasteiger partial charge in [-0.05, 0) is 32.6 Å². The van der Waals surface area contributed by atoms with Gasteiger partial charge in [-0.15, -0.1) is 0 Å². The van der Waals surface area contributed by atoms with Crippen molar-refractivity contribution in [2.45, 2.75) is 38.5 Å². The van der Waals surface area contributed by atoms with Crippen LogP contribution in [0.25, 0.3) is 11.1 Å². The molecule has 2 aromatic rings. The molecule has 23 heavy (non-hydrogen) atoms. The van der Waals surface area contributed by atoms with E-state index in [1.807, 2.05) is 0 Å². The van der Waals surface area contributed by atoms with Gasteiger partial charge in [0.05, 0.1) is 18.1 Å². The number of ketones is 1. The molecule has 0 aliphatic heterocycles. The summed E-state index contributed by atoms with van der Waals surface area (Å²) in [6.07, 6.45) is 3.36. The van der Waals surface area contributed by atoms with Gasteiger partial charge < -0.3 is 9.15 Å². The molecule has 0 saturated heterocycles. The first kappa shape index (κ1) is 15.5. The molecule has 122 valence electrons. The molecule has 1 aliphatic rings. The van der Waals surface area contributed by atoms with Gasteiger partial charge in [0, 0.05) is 17.9 Å². The Labute approximate surface area is 132 Å². The van der Waals surface area contributed by atoms with Crippen LogP contribution in [0.2, 0.25) is 0 Å². The third-order valence-electron chi connectivity index (χ3n) is 4.55. The number of methoxy groups -OCH3 is 1. The molecule has 3 rings (SSSR count). The lowest BCUT2D eigenvalue weighted by atomic mass is 9.80. The Morgan fingerprint density at radius 2 is 2.04 bits per heavy atom. The largest absolute Gasteiger partial charge is 0.490 e. The van der Waals surface area contributed by atoms with E-state index in [0.29, 0.717) is 17.0 Å². The van der Waals surface area contributed by atoms with Crippen LogP contribution in [-0.4, -0.2) is 22.8 Å². The van der Waals surface area contributed by atoms with Crippen LogP contribution < -0.4 is 4.74 Å². The number of aromatic nitrogens is 1. The van der Waals surface area contributed by atoms with Crippen molar-refractivity contribution in [2.24, 2.45) is 5.92 Å². The van der Waals surface area contributed by atoms with Crippen molar-refractivity contribution in [1.29, 1.82) is 0 Å². The maximum Gasteiger partial charge on any atom is 0.314 e. The van der Waals surface area contributed by atoms with Gasteiger partial charge in [0.2, 0.25) is 0 Å². The van der Waals surface area contributed by atoms with E-state index in [4.69, 9.17) is 9.15 Å². The van der Waals surface area contributed by atoms with E-state index in [9.17, 15) is 14.9 Å². The molecule has 1 fully saturated rings. The second kappa shape index (κ2) is 5.98. The summed E-state index contributed by atoms with van der Waals surface area (Å²) in [5, 5.41) is 11.1. The third-order valence-corrected chi connectivity index (χ3v) is 4.55. The Hall–Kier alpha value is -2.44. The van der Waals surface area contributed by atoms with Crippen LogP contribution in [0, 0.1) is 16.0 Å². The smallest absolute Gasteiger partial charge is 0.314 e. The summed E-state index contributed by atoms with van der Waals surface area (Å²) in [6, 6.07) is 2.88. The molecule has 1 aromatic carbocycles. The second-order valence-corrected chi connectivity index (χ2v) is 5.96. The standard InChI is InChI=1S/C16H18N2O5/c1-9(19)10-3-5-11(6-4-10)16-17-12-7-15(22-2)13(18(20)21)8-14(12)23-16/h7-8,10-11H,3-6H2,1-2H3/t10-,11-. The fourth-order valence-electron chi connectivity index (χ4n) is 3.19. The number of nitro benzene ring substituents is 1. The van der Waals surface area contributed by atoms with Crippen molar-refractivity contribution in [3.63, 3.8) is 0 Å². The zero-order valence-corrected chi connectivity index (χ0v) is 13.1. The maximum absolute atomic E-state index is 11.4. The predicted octanol–water partition coefficient (Wildman–Crippen LogP) is 3.61. The second-order valence-electron chi connectivity index (χ2n) is 5.96. The van der Waals surface area contributed by atoms with Crippen molar-refractivity contribution < 1.29 is 18.9 Å². The van der Waals surface area contributed by atoms with Crippen LogP contribution in [0.15, 0.2) is 16.5 Å². The van der Waals surface area contributed by atoms with Crippen LogP contribution in [0.3, 0.4) is 0 Å². The molecular formula is C16H18N2O5. The highest BCUT2D eigenvalue weighted by Crippen LogP contribution is 2.38. The molecule has 0 unspecified atom stereocenters. The fraction of sp³-hybridized carbons (Fsp3) is 0.500. The Balaban J connectivity index is 1.89. The van der Waals surface area contributed by atoms with Gasteiger partial charge >= 0.3 is 5.69 Å². The summed E-state index contributed by atoms with van der Waals surface area (Å²) in [6.45, 7) is 1.63. The average molecular weight is 318 g/mol. The van der Waals surface area contributed by atoms with Gasteiger partial charge in [0.25, 0.3) is 0 Å². The van der Waals surface area contributed by atoms with Gasteiger partial charge in [0.15, 0.2) is 17.2 Å². The predicted molar refractivity (Wildman–Crippen MR) is 82.6 cm³/mol. The number of benzene rings is 1. The number of nitro groups is 1. The normalized spacial score (nSPS) is 21.3. The van der Waals surface area contributed by atoms with Crippen LogP contribution in [0.5, 0.6) is 5.75 Å². The first-order valence-electron chi connectivity index (χ1n) is 7.63. The SMILES string of the molecule is COc1cc2nc([C@H]3CC[C@H](C(C)=O)CC3)oc2cc1[N+](=O)[O-]. The zero-order valence-electron chi connectivity index (χ0n) is 13.1. The van der Waals surface area contributed by atoms with Crippen molar-refractivity contribution in [3.05, 3.63) is 28.1 Å². The Morgan fingerprint density at radius 1 is 1.35 bits per heavy atom. The summed E-state index contributed by atoms with van der Waals surface area (Å²) in [4.78, 5) is 26.5. The van der Waals surface area contributed by atoms with Crippen LogP contribution in [-0.2, 0) is 4.79 Å².